The number of likely N-dealkylation sites (tertiary alicyclic amines) is 1. The van der Waals surface area contributed by atoms with Gasteiger partial charge in [-0.25, -0.2) is 4.90 Å². The van der Waals surface area contributed by atoms with Crippen molar-refractivity contribution in [2.24, 2.45) is 11.8 Å². The number of fused-ring (bicyclic) bond motifs is 2. The van der Waals surface area contributed by atoms with Crippen molar-refractivity contribution in [3.63, 3.8) is 0 Å². The highest BCUT2D eigenvalue weighted by Gasteiger charge is 2.57. The molecule has 2 aliphatic heterocycles. The molecule has 0 radical (unpaired) electrons. The maximum absolute atomic E-state index is 13.3. The number of H-pyrrole nitrogens is 1. The zero-order chi connectivity index (χ0) is 21.0. The van der Waals surface area contributed by atoms with Gasteiger partial charge in [0.2, 0.25) is 11.8 Å². The second-order valence-corrected chi connectivity index (χ2v) is 7.87. The smallest absolute Gasteiger partial charge is 0.253 e. The Balaban J connectivity index is 1.60. The van der Waals surface area contributed by atoms with Crippen LogP contribution in [0.4, 0.5) is 5.69 Å². The lowest BCUT2D eigenvalue weighted by atomic mass is 9.89. The van der Waals surface area contributed by atoms with Gasteiger partial charge >= 0.3 is 0 Å². The fraction of sp³-hybridized carbons (Fsp3) is 0.261. The van der Waals surface area contributed by atoms with Crippen molar-refractivity contribution in [1.29, 1.82) is 0 Å². The van der Waals surface area contributed by atoms with Crippen molar-refractivity contribution in [2.75, 3.05) is 25.6 Å². The zero-order valence-corrected chi connectivity index (χ0v) is 16.7. The molecule has 7 nitrogen and oxygen atoms in total. The van der Waals surface area contributed by atoms with Gasteiger partial charge in [0.15, 0.2) is 0 Å². The van der Waals surface area contributed by atoms with Crippen LogP contribution in [0.3, 0.4) is 0 Å². The second-order valence-electron chi connectivity index (χ2n) is 7.87. The van der Waals surface area contributed by atoms with Gasteiger partial charge in [-0.15, -0.1) is 0 Å². The van der Waals surface area contributed by atoms with Crippen molar-refractivity contribution >= 4 is 28.4 Å². The van der Waals surface area contributed by atoms with Gasteiger partial charge < -0.3 is 9.72 Å². The molecule has 2 fully saturated rings. The molecule has 2 amide bonds. The molecule has 3 heterocycles. The molecule has 5 rings (SSSR count). The molecule has 0 aliphatic carbocycles. The van der Waals surface area contributed by atoms with Crippen LogP contribution in [-0.4, -0.2) is 42.4 Å². The van der Waals surface area contributed by atoms with Gasteiger partial charge in [-0.1, -0.05) is 18.2 Å². The Morgan fingerprint density at radius 1 is 1.00 bits per heavy atom. The van der Waals surface area contributed by atoms with Gasteiger partial charge in [0.25, 0.3) is 5.56 Å². The minimum atomic E-state index is -0.591. The summed E-state index contributed by atoms with van der Waals surface area (Å²) in [6.07, 6.45) is 0. The standard InChI is InChI=1S/C23H21N3O4/c1-25-12-17-19(23(29)26(22(17)28)14-6-4-3-5-7-14)20(25)16-11-13-10-15(30-2)8-9-18(13)24-21(16)27/h3-11,17,19-20H,12H2,1-2H3,(H,24,27)/t17-,19-,20+/m0/s1. The Morgan fingerprint density at radius 2 is 1.77 bits per heavy atom. The van der Waals surface area contributed by atoms with Crippen LogP contribution in [0.25, 0.3) is 10.9 Å². The second kappa shape index (κ2) is 6.81. The maximum atomic E-state index is 13.3. The van der Waals surface area contributed by atoms with Crippen LogP contribution in [0.1, 0.15) is 11.6 Å². The Morgan fingerprint density at radius 3 is 2.50 bits per heavy atom. The molecule has 0 spiro atoms. The summed E-state index contributed by atoms with van der Waals surface area (Å²) >= 11 is 0. The van der Waals surface area contributed by atoms with E-state index < -0.39 is 17.9 Å². The minimum Gasteiger partial charge on any atom is -0.497 e. The van der Waals surface area contributed by atoms with E-state index >= 15 is 0 Å². The monoisotopic (exact) mass is 403 g/mol. The first-order chi connectivity index (χ1) is 14.5. The Kier molecular flexibility index (Phi) is 4.22. The number of anilines is 1. The van der Waals surface area contributed by atoms with Gasteiger partial charge in [-0.3, -0.25) is 19.3 Å². The largest absolute Gasteiger partial charge is 0.497 e. The number of nitrogens with zero attached hydrogens (tertiary/aromatic N) is 2. The van der Waals surface area contributed by atoms with E-state index in [9.17, 15) is 14.4 Å². The third kappa shape index (κ3) is 2.66. The molecule has 3 aromatic rings. The maximum Gasteiger partial charge on any atom is 0.253 e. The highest BCUT2D eigenvalue weighted by Crippen LogP contribution is 2.46. The van der Waals surface area contributed by atoms with E-state index in [1.807, 2.05) is 30.1 Å². The molecule has 7 heteroatoms. The van der Waals surface area contributed by atoms with Crippen molar-refractivity contribution in [3.05, 3.63) is 70.5 Å². The van der Waals surface area contributed by atoms with Crippen LogP contribution >= 0.6 is 0 Å². The Labute approximate surface area is 172 Å². The van der Waals surface area contributed by atoms with E-state index in [2.05, 4.69) is 4.98 Å². The lowest BCUT2D eigenvalue weighted by Gasteiger charge is -2.25. The van der Waals surface area contributed by atoms with Crippen molar-refractivity contribution in [3.8, 4) is 5.75 Å². The summed E-state index contributed by atoms with van der Waals surface area (Å²) in [5, 5.41) is 0.817. The lowest BCUT2D eigenvalue weighted by Crippen LogP contribution is -2.37. The summed E-state index contributed by atoms with van der Waals surface area (Å²) in [5.74, 6) is -0.833. The highest BCUT2D eigenvalue weighted by atomic mass is 16.5. The first-order valence-corrected chi connectivity index (χ1v) is 9.83. The number of rotatable bonds is 3. The molecule has 0 saturated carbocycles. The summed E-state index contributed by atoms with van der Waals surface area (Å²) < 4.78 is 5.29. The van der Waals surface area contributed by atoms with E-state index in [0.717, 1.165) is 5.39 Å². The summed E-state index contributed by atoms with van der Waals surface area (Å²) in [7, 11) is 3.44. The molecule has 0 unspecified atom stereocenters. The first kappa shape index (κ1) is 18.6. The van der Waals surface area contributed by atoms with Gasteiger partial charge in [0, 0.05) is 23.0 Å². The number of aromatic nitrogens is 1. The predicted octanol–water partition coefficient (Wildman–Crippen LogP) is 2.33. The average Bonchev–Trinajstić information content (AvgIpc) is 3.21. The fourth-order valence-electron chi connectivity index (χ4n) is 4.80. The number of carbonyl (C=O) groups is 2. The number of hydrogen-bond donors (Lipinski definition) is 1. The third-order valence-corrected chi connectivity index (χ3v) is 6.19. The topological polar surface area (TPSA) is 82.7 Å². The number of imide groups is 1. The number of para-hydroxylation sites is 1. The number of methoxy groups -OCH3 is 1. The van der Waals surface area contributed by atoms with Crippen molar-refractivity contribution < 1.29 is 14.3 Å². The Bertz CT molecular complexity index is 1220. The molecule has 30 heavy (non-hydrogen) atoms. The van der Waals surface area contributed by atoms with Crippen molar-refractivity contribution in [1.82, 2.24) is 9.88 Å². The van der Waals surface area contributed by atoms with E-state index in [1.54, 1.807) is 43.5 Å². The highest BCUT2D eigenvalue weighted by molar-refractivity contribution is 6.22. The summed E-state index contributed by atoms with van der Waals surface area (Å²) in [6, 6.07) is 15.7. The SMILES string of the molecule is COc1ccc2[nH]c(=O)c([C@@H]3[C@H]4C(=O)N(c5ccccc5)C(=O)[C@H]4CN3C)cc2c1. The summed E-state index contributed by atoms with van der Waals surface area (Å²) in [6.45, 7) is 0.429. The summed E-state index contributed by atoms with van der Waals surface area (Å²) in [5.41, 5.74) is 1.51. The van der Waals surface area contributed by atoms with E-state index in [0.29, 0.717) is 29.1 Å². The number of pyridine rings is 1. The molecule has 1 aromatic heterocycles. The van der Waals surface area contributed by atoms with Crippen LogP contribution in [0.2, 0.25) is 0 Å². The number of amides is 2. The van der Waals surface area contributed by atoms with Crippen molar-refractivity contribution in [2.45, 2.75) is 6.04 Å². The quantitative estimate of drug-likeness (QED) is 0.679. The van der Waals surface area contributed by atoms with E-state index in [1.165, 1.54) is 4.90 Å². The number of carbonyl (C=O) groups excluding carboxylic acids is 2. The molecule has 2 aliphatic rings. The predicted molar refractivity (Wildman–Crippen MR) is 112 cm³/mol. The number of aromatic amines is 1. The van der Waals surface area contributed by atoms with Crippen LogP contribution in [0.15, 0.2) is 59.4 Å². The molecule has 1 N–H and O–H groups in total. The van der Waals surface area contributed by atoms with Gasteiger partial charge in [-0.05, 0) is 43.4 Å². The van der Waals surface area contributed by atoms with Crippen LogP contribution in [-0.2, 0) is 9.59 Å². The average molecular weight is 403 g/mol. The molecule has 2 aromatic carbocycles. The molecule has 2 saturated heterocycles. The molecule has 3 atom stereocenters. The van der Waals surface area contributed by atoms with E-state index in [-0.39, 0.29) is 17.4 Å². The third-order valence-electron chi connectivity index (χ3n) is 6.19. The lowest BCUT2D eigenvalue weighted by molar-refractivity contribution is -0.123. The number of nitrogens with one attached hydrogen (secondary N) is 1. The number of hydrogen-bond acceptors (Lipinski definition) is 5. The molecule has 0 bridgehead atoms. The first-order valence-electron chi connectivity index (χ1n) is 9.83. The zero-order valence-electron chi connectivity index (χ0n) is 16.7. The van der Waals surface area contributed by atoms with Crippen LogP contribution in [0.5, 0.6) is 5.75 Å². The van der Waals surface area contributed by atoms with Crippen LogP contribution in [0, 0.1) is 11.8 Å². The van der Waals surface area contributed by atoms with Gasteiger partial charge in [0.05, 0.1) is 30.7 Å². The minimum absolute atomic E-state index is 0.204. The summed E-state index contributed by atoms with van der Waals surface area (Å²) in [4.78, 5) is 45.5. The normalized spacial score (nSPS) is 23.9. The molecular weight excluding hydrogens is 382 g/mol. The van der Waals surface area contributed by atoms with E-state index in [4.69, 9.17) is 4.74 Å². The van der Waals surface area contributed by atoms with Gasteiger partial charge in [0.1, 0.15) is 5.75 Å². The molecule has 152 valence electrons. The molecular formula is C23H21N3O4. The number of benzene rings is 2. The number of ether oxygens (including phenoxy) is 1. The van der Waals surface area contributed by atoms with Crippen LogP contribution < -0.4 is 15.2 Å². The Hall–Kier alpha value is -3.45. The van der Waals surface area contributed by atoms with Gasteiger partial charge in [-0.2, -0.15) is 0 Å². The fourth-order valence-corrected chi connectivity index (χ4v) is 4.80.